The van der Waals surface area contributed by atoms with Crippen LogP contribution in [0.4, 0.5) is 0 Å². The summed E-state index contributed by atoms with van der Waals surface area (Å²) in [5.41, 5.74) is 4.81. The molecule has 0 bridgehead atoms. The van der Waals surface area contributed by atoms with Crippen molar-refractivity contribution in [2.45, 2.75) is 52.0 Å². The van der Waals surface area contributed by atoms with Crippen molar-refractivity contribution in [3.8, 4) is 6.07 Å². The molecule has 0 radical (unpaired) electrons. The van der Waals surface area contributed by atoms with E-state index in [2.05, 4.69) is 11.4 Å². The summed E-state index contributed by atoms with van der Waals surface area (Å²) in [6.07, 6.45) is 2.59. The molecule has 0 aliphatic carbocycles. The van der Waals surface area contributed by atoms with Crippen LogP contribution in [-0.4, -0.2) is 42.4 Å². The molecule has 6 heteroatoms. The van der Waals surface area contributed by atoms with Crippen LogP contribution in [0.25, 0.3) is 0 Å². The molecule has 3 N–H and O–H groups in total. The zero-order valence-electron chi connectivity index (χ0n) is 13.0. The molecule has 1 atom stereocenters. The molecule has 0 aromatic rings. The molecule has 1 rings (SSSR count). The van der Waals surface area contributed by atoms with Gasteiger partial charge in [0.05, 0.1) is 6.07 Å². The normalized spacial score (nSPS) is 18.2. The van der Waals surface area contributed by atoms with Crippen LogP contribution in [0.2, 0.25) is 0 Å². The Morgan fingerprint density at radius 1 is 1.43 bits per heavy atom. The Kier molecular flexibility index (Phi) is 6.63. The molecule has 118 valence electrons. The highest BCUT2D eigenvalue weighted by Crippen LogP contribution is 2.26. The molecule has 0 aromatic heterocycles. The largest absolute Gasteiger partial charge is 0.370 e. The fourth-order valence-electron chi connectivity index (χ4n) is 2.79. The second-order valence-electron chi connectivity index (χ2n) is 6.48. The minimum absolute atomic E-state index is 0.0490. The van der Waals surface area contributed by atoms with Crippen molar-refractivity contribution in [2.75, 3.05) is 19.6 Å². The highest BCUT2D eigenvalue weighted by molar-refractivity contribution is 5.79. The Morgan fingerprint density at radius 2 is 2.14 bits per heavy atom. The lowest BCUT2D eigenvalue weighted by atomic mass is 9.84. The van der Waals surface area contributed by atoms with E-state index in [0.717, 1.165) is 19.5 Å². The summed E-state index contributed by atoms with van der Waals surface area (Å²) in [6, 6.07) is 2.31. The summed E-state index contributed by atoms with van der Waals surface area (Å²) in [4.78, 5) is 25.5. The zero-order valence-corrected chi connectivity index (χ0v) is 13.0. The highest BCUT2D eigenvalue weighted by atomic mass is 16.2. The van der Waals surface area contributed by atoms with Gasteiger partial charge in [0.2, 0.25) is 11.8 Å². The van der Waals surface area contributed by atoms with Crippen molar-refractivity contribution in [1.82, 2.24) is 10.2 Å². The first-order valence-electron chi connectivity index (χ1n) is 7.51. The molecule has 1 heterocycles. The lowest BCUT2D eigenvalue weighted by molar-refractivity contribution is -0.135. The number of nitrogens with two attached hydrogens (primary N) is 1. The van der Waals surface area contributed by atoms with Crippen molar-refractivity contribution < 1.29 is 9.59 Å². The molecule has 21 heavy (non-hydrogen) atoms. The van der Waals surface area contributed by atoms with Crippen LogP contribution in [0.5, 0.6) is 0 Å². The van der Waals surface area contributed by atoms with E-state index in [-0.39, 0.29) is 24.3 Å². The van der Waals surface area contributed by atoms with Crippen molar-refractivity contribution in [3.05, 3.63) is 0 Å². The molecule has 2 amide bonds. The Morgan fingerprint density at radius 3 is 2.67 bits per heavy atom. The van der Waals surface area contributed by atoms with Crippen LogP contribution >= 0.6 is 0 Å². The van der Waals surface area contributed by atoms with Crippen LogP contribution < -0.4 is 11.1 Å². The van der Waals surface area contributed by atoms with Gasteiger partial charge >= 0.3 is 0 Å². The summed E-state index contributed by atoms with van der Waals surface area (Å²) in [6.45, 7) is 6.09. The first-order valence-corrected chi connectivity index (χ1v) is 7.51. The summed E-state index contributed by atoms with van der Waals surface area (Å²) in [5, 5.41) is 11.9. The molecule has 6 nitrogen and oxygen atoms in total. The molecule has 1 unspecified atom stereocenters. The average Bonchev–Trinajstić information content (AvgIpc) is 2.85. The molecule has 0 spiro atoms. The molecule has 1 aliphatic rings. The lowest BCUT2D eigenvalue weighted by Crippen LogP contribution is -2.44. The van der Waals surface area contributed by atoms with Gasteiger partial charge in [-0.1, -0.05) is 13.8 Å². The molecule has 0 saturated carbocycles. The van der Waals surface area contributed by atoms with Gasteiger partial charge in [-0.25, -0.2) is 0 Å². The number of hydrogen-bond acceptors (Lipinski definition) is 4. The third-order valence-electron chi connectivity index (χ3n) is 3.77. The third kappa shape index (κ3) is 6.13. The molecule has 1 aliphatic heterocycles. The van der Waals surface area contributed by atoms with Gasteiger partial charge in [0.15, 0.2) is 0 Å². The van der Waals surface area contributed by atoms with Crippen LogP contribution in [0.3, 0.4) is 0 Å². The van der Waals surface area contributed by atoms with Gasteiger partial charge in [0.1, 0.15) is 0 Å². The number of primary amides is 1. The van der Waals surface area contributed by atoms with Gasteiger partial charge in [-0.3, -0.25) is 9.59 Å². The maximum Gasteiger partial charge on any atom is 0.223 e. The van der Waals surface area contributed by atoms with E-state index in [9.17, 15) is 9.59 Å². The quantitative estimate of drug-likeness (QED) is 0.646. The van der Waals surface area contributed by atoms with Crippen molar-refractivity contribution in [2.24, 2.45) is 11.1 Å². The van der Waals surface area contributed by atoms with E-state index in [1.54, 1.807) is 0 Å². The second-order valence-corrected chi connectivity index (χ2v) is 6.48. The Balaban J connectivity index is 2.65. The van der Waals surface area contributed by atoms with Gasteiger partial charge in [0, 0.05) is 38.4 Å². The zero-order chi connectivity index (χ0) is 15.9. The fraction of sp³-hybridized carbons (Fsp3) is 0.800. The lowest BCUT2D eigenvalue weighted by Gasteiger charge is -2.32. The Labute approximate surface area is 126 Å². The number of nitrogens with zero attached hydrogens (tertiary/aromatic N) is 2. The molecular weight excluding hydrogens is 268 g/mol. The van der Waals surface area contributed by atoms with E-state index in [1.807, 2.05) is 18.7 Å². The fourth-order valence-corrected chi connectivity index (χ4v) is 2.79. The monoisotopic (exact) mass is 294 g/mol. The minimum Gasteiger partial charge on any atom is -0.370 e. The molecule has 1 fully saturated rings. The predicted molar refractivity (Wildman–Crippen MR) is 80.0 cm³/mol. The molecule has 0 aromatic carbocycles. The van der Waals surface area contributed by atoms with Crippen LogP contribution in [-0.2, 0) is 9.59 Å². The van der Waals surface area contributed by atoms with E-state index >= 15 is 0 Å². The number of hydrogen-bond donors (Lipinski definition) is 2. The summed E-state index contributed by atoms with van der Waals surface area (Å²) >= 11 is 0. The number of amides is 2. The van der Waals surface area contributed by atoms with Crippen LogP contribution in [0, 0.1) is 16.7 Å². The maximum absolute atomic E-state index is 12.6. The van der Waals surface area contributed by atoms with E-state index in [0.29, 0.717) is 25.8 Å². The number of carbonyl (C=O) groups excluding carboxylic acids is 2. The topological polar surface area (TPSA) is 99.2 Å². The average molecular weight is 294 g/mol. The Hall–Kier alpha value is -1.61. The third-order valence-corrected chi connectivity index (χ3v) is 3.77. The predicted octanol–water partition coefficient (Wildman–Crippen LogP) is 0.772. The van der Waals surface area contributed by atoms with Gasteiger partial charge in [-0.15, -0.1) is 0 Å². The first-order chi connectivity index (χ1) is 9.85. The van der Waals surface area contributed by atoms with Gasteiger partial charge in [0.25, 0.3) is 0 Å². The van der Waals surface area contributed by atoms with E-state index in [4.69, 9.17) is 11.0 Å². The number of nitrogens with one attached hydrogen (secondary N) is 1. The van der Waals surface area contributed by atoms with Crippen LogP contribution in [0.15, 0.2) is 0 Å². The summed E-state index contributed by atoms with van der Waals surface area (Å²) in [7, 11) is 0. The van der Waals surface area contributed by atoms with E-state index in [1.165, 1.54) is 0 Å². The van der Waals surface area contributed by atoms with Crippen molar-refractivity contribution >= 4 is 11.8 Å². The van der Waals surface area contributed by atoms with E-state index < -0.39 is 5.41 Å². The highest BCUT2D eigenvalue weighted by Gasteiger charge is 2.31. The van der Waals surface area contributed by atoms with Gasteiger partial charge in [-0.2, -0.15) is 5.26 Å². The minimum atomic E-state index is -0.428. The number of rotatable bonds is 8. The Bertz CT molecular complexity index is 408. The standard InChI is InChI=1S/C15H26N4O2/c1-15(2,9-13(17)20)10-14(21)19(8-4-3-6-16)12-5-7-18-11-12/h12,18H,3-5,7-11H2,1-2H3,(H2,17,20). The SMILES string of the molecule is CC(C)(CC(N)=O)CC(=O)N(CCCC#N)C1CCNC1. The smallest absolute Gasteiger partial charge is 0.223 e. The summed E-state index contributed by atoms with van der Waals surface area (Å²) < 4.78 is 0. The number of carbonyl (C=O) groups is 2. The van der Waals surface area contributed by atoms with Crippen molar-refractivity contribution in [1.29, 1.82) is 5.26 Å². The van der Waals surface area contributed by atoms with Crippen LogP contribution in [0.1, 0.15) is 46.0 Å². The van der Waals surface area contributed by atoms with Gasteiger partial charge < -0.3 is 16.0 Å². The van der Waals surface area contributed by atoms with Gasteiger partial charge in [-0.05, 0) is 24.8 Å². The van der Waals surface area contributed by atoms with Crippen molar-refractivity contribution in [3.63, 3.8) is 0 Å². The molecular formula is C15H26N4O2. The second kappa shape index (κ2) is 7.99. The first kappa shape index (κ1) is 17.4. The summed E-state index contributed by atoms with van der Waals surface area (Å²) in [5.74, 6) is -0.334. The maximum atomic E-state index is 12.6. The molecule has 1 saturated heterocycles. The number of nitriles is 1. The number of unbranched alkanes of at least 4 members (excludes halogenated alkanes) is 1.